The maximum absolute atomic E-state index is 6.03. The third-order valence-corrected chi connectivity index (χ3v) is 5.24. The number of nitrogens with one attached hydrogen (secondary N) is 2. The van der Waals surface area contributed by atoms with Gasteiger partial charge in [-0.2, -0.15) is 5.10 Å². The predicted octanol–water partition coefficient (Wildman–Crippen LogP) is 5.30. The molecule has 2 heterocycles. The second kappa shape index (κ2) is 6.67. The average Bonchev–Trinajstić information content (AvgIpc) is 3.11. The summed E-state index contributed by atoms with van der Waals surface area (Å²) in [5.41, 5.74) is 4.29. The number of H-pyrrole nitrogens is 1. The number of benzene rings is 2. The van der Waals surface area contributed by atoms with Crippen molar-refractivity contribution < 1.29 is 0 Å². The molecule has 0 fully saturated rings. The van der Waals surface area contributed by atoms with Gasteiger partial charge >= 0.3 is 0 Å². The fourth-order valence-corrected chi connectivity index (χ4v) is 3.72. The molecule has 0 atom stereocenters. The first-order valence-electron chi connectivity index (χ1n) is 9.14. The summed E-state index contributed by atoms with van der Waals surface area (Å²) in [6, 6.07) is 15.7. The first kappa shape index (κ1) is 16.3. The number of aromatic nitrogens is 4. The lowest BCUT2D eigenvalue weighted by Crippen LogP contribution is -2.12. The third-order valence-electron chi connectivity index (χ3n) is 4.99. The molecule has 0 radical (unpaired) electrons. The first-order valence-corrected chi connectivity index (χ1v) is 9.51. The van der Waals surface area contributed by atoms with Gasteiger partial charge in [0.2, 0.25) is 0 Å². The fourth-order valence-electron chi connectivity index (χ4n) is 3.60. The normalized spacial score (nSPS) is 13.5. The SMILES string of the molecule is Clc1ccc(-c2nc3c(c(Nc4n[nH]c5ccccc45)n2)CCCC3)cc1. The smallest absolute Gasteiger partial charge is 0.161 e. The maximum Gasteiger partial charge on any atom is 0.161 e. The second-order valence-corrected chi connectivity index (χ2v) is 7.21. The number of aryl methyl sites for hydroxylation is 1. The molecule has 0 amide bonds. The van der Waals surface area contributed by atoms with Crippen molar-refractivity contribution in [1.82, 2.24) is 20.2 Å². The van der Waals surface area contributed by atoms with Gasteiger partial charge in [-0.15, -0.1) is 0 Å². The van der Waals surface area contributed by atoms with Crippen LogP contribution in [0.3, 0.4) is 0 Å². The van der Waals surface area contributed by atoms with Crippen LogP contribution < -0.4 is 5.32 Å². The Labute approximate surface area is 161 Å². The predicted molar refractivity (Wildman–Crippen MR) is 108 cm³/mol. The molecule has 0 spiro atoms. The Kier molecular flexibility index (Phi) is 4.02. The Morgan fingerprint density at radius 1 is 0.889 bits per heavy atom. The zero-order valence-corrected chi connectivity index (χ0v) is 15.4. The Bertz CT molecular complexity index is 1120. The molecule has 0 saturated heterocycles. The molecule has 5 rings (SSSR count). The standard InChI is InChI=1S/C21H18ClN5/c22-14-11-9-13(10-12-14)19-23-17-7-3-1-5-15(17)20(24-19)25-21-16-6-2-4-8-18(16)26-27-21/h2,4,6,8-12H,1,3,5,7H2,(H2,23,24,25,26,27). The van der Waals surface area contributed by atoms with Crippen LogP contribution in [0, 0.1) is 0 Å². The van der Waals surface area contributed by atoms with Crippen LogP contribution in [-0.4, -0.2) is 20.2 Å². The summed E-state index contributed by atoms with van der Waals surface area (Å²) in [5, 5.41) is 12.7. The minimum atomic E-state index is 0.707. The van der Waals surface area contributed by atoms with Gasteiger partial charge in [0.05, 0.1) is 5.52 Å². The Morgan fingerprint density at radius 3 is 2.59 bits per heavy atom. The van der Waals surface area contributed by atoms with E-state index in [9.17, 15) is 0 Å². The third kappa shape index (κ3) is 3.04. The number of hydrogen-bond acceptors (Lipinski definition) is 4. The highest BCUT2D eigenvalue weighted by atomic mass is 35.5. The van der Waals surface area contributed by atoms with Crippen molar-refractivity contribution in [2.45, 2.75) is 25.7 Å². The van der Waals surface area contributed by atoms with E-state index in [0.717, 1.165) is 65.3 Å². The summed E-state index contributed by atoms with van der Waals surface area (Å²) in [6.45, 7) is 0. The van der Waals surface area contributed by atoms with Gasteiger partial charge in [-0.25, -0.2) is 9.97 Å². The summed E-state index contributed by atoms with van der Waals surface area (Å²) in [6.07, 6.45) is 4.29. The van der Waals surface area contributed by atoms with Crippen LogP contribution in [0.4, 0.5) is 11.6 Å². The molecule has 6 heteroatoms. The van der Waals surface area contributed by atoms with E-state index in [2.05, 4.69) is 21.6 Å². The topological polar surface area (TPSA) is 66.5 Å². The lowest BCUT2D eigenvalue weighted by Gasteiger charge is -2.19. The molecule has 0 saturated carbocycles. The number of halogens is 1. The van der Waals surface area contributed by atoms with E-state index < -0.39 is 0 Å². The van der Waals surface area contributed by atoms with Crippen molar-refractivity contribution in [3.8, 4) is 11.4 Å². The number of para-hydroxylation sites is 1. The maximum atomic E-state index is 6.03. The van der Waals surface area contributed by atoms with Gasteiger partial charge < -0.3 is 5.32 Å². The molecular formula is C21H18ClN5. The summed E-state index contributed by atoms with van der Waals surface area (Å²) < 4.78 is 0. The quantitative estimate of drug-likeness (QED) is 0.510. The molecule has 5 nitrogen and oxygen atoms in total. The lowest BCUT2D eigenvalue weighted by atomic mass is 9.96. The zero-order chi connectivity index (χ0) is 18.2. The van der Waals surface area contributed by atoms with Gasteiger partial charge in [0.15, 0.2) is 11.6 Å². The highest BCUT2D eigenvalue weighted by Gasteiger charge is 2.19. The van der Waals surface area contributed by atoms with Crippen LogP contribution >= 0.6 is 11.6 Å². The van der Waals surface area contributed by atoms with Crippen molar-refractivity contribution in [2.75, 3.05) is 5.32 Å². The van der Waals surface area contributed by atoms with Crippen molar-refractivity contribution in [2.24, 2.45) is 0 Å². The van der Waals surface area contributed by atoms with E-state index in [1.165, 1.54) is 5.56 Å². The van der Waals surface area contributed by atoms with Gasteiger partial charge in [-0.3, -0.25) is 5.10 Å². The van der Waals surface area contributed by atoms with E-state index in [0.29, 0.717) is 5.02 Å². The van der Waals surface area contributed by atoms with Gasteiger partial charge in [0.25, 0.3) is 0 Å². The summed E-state index contributed by atoms with van der Waals surface area (Å²) >= 11 is 6.03. The van der Waals surface area contributed by atoms with Gasteiger partial charge in [-0.05, 0) is 62.1 Å². The molecule has 2 N–H and O–H groups in total. The van der Waals surface area contributed by atoms with Crippen LogP contribution in [0.2, 0.25) is 5.02 Å². The Hall–Kier alpha value is -2.92. The zero-order valence-electron chi connectivity index (χ0n) is 14.7. The van der Waals surface area contributed by atoms with Crippen LogP contribution in [0.15, 0.2) is 48.5 Å². The molecule has 1 aliphatic rings. The van der Waals surface area contributed by atoms with Crippen LogP contribution in [-0.2, 0) is 12.8 Å². The van der Waals surface area contributed by atoms with E-state index in [4.69, 9.17) is 21.6 Å². The van der Waals surface area contributed by atoms with E-state index >= 15 is 0 Å². The Balaban J connectivity index is 1.61. The molecule has 27 heavy (non-hydrogen) atoms. The van der Waals surface area contributed by atoms with Crippen molar-refractivity contribution >= 4 is 34.1 Å². The highest BCUT2D eigenvalue weighted by Crippen LogP contribution is 2.32. The van der Waals surface area contributed by atoms with Crippen LogP contribution in [0.5, 0.6) is 0 Å². The molecule has 2 aromatic carbocycles. The lowest BCUT2D eigenvalue weighted by molar-refractivity contribution is 0.665. The largest absolute Gasteiger partial charge is 0.323 e. The van der Waals surface area contributed by atoms with E-state index in [-0.39, 0.29) is 0 Å². The minimum absolute atomic E-state index is 0.707. The molecule has 2 aromatic heterocycles. The molecule has 1 aliphatic carbocycles. The van der Waals surface area contributed by atoms with Crippen LogP contribution in [0.25, 0.3) is 22.3 Å². The van der Waals surface area contributed by atoms with Gasteiger partial charge in [0, 0.05) is 27.2 Å². The number of rotatable bonds is 3. The average molecular weight is 376 g/mol. The summed E-state index contributed by atoms with van der Waals surface area (Å²) in [5.74, 6) is 2.36. The fraction of sp³-hybridized carbons (Fsp3) is 0.190. The minimum Gasteiger partial charge on any atom is -0.323 e. The van der Waals surface area contributed by atoms with Crippen molar-refractivity contribution in [3.63, 3.8) is 0 Å². The highest BCUT2D eigenvalue weighted by molar-refractivity contribution is 6.30. The Morgan fingerprint density at radius 2 is 1.70 bits per heavy atom. The molecule has 0 unspecified atom stereocenters. The number of hydrogen-bond donors (Lipinski definition) is 2. The molecule has 0 bridgehead atoms. The monoisotopic (exact) mass is 375 g/mol. The molecule has 0 aliphatic heterocycles. The van der Waals surface area contributed by atoms with Gasteiger partial charge in [0.1, 0.15) is 5.82 Å². The van der Waals surface area contributed by atoms with E-state index in [1.54, 1.807) is 0 Å². The number of fused-ring (bicyclic) bond motifs is 2. The number of nitrogens with zero attached hydrogens (tertiary/aromatic N) is 3. The number of anilines is 2. The molecular weight excluding hydrogens is 358 g/mol. The summed E-state index contributed by atoms with van der Waals surface area (Å²) in [4.78, 5) is 9.69. The first-order chi connectivity index (χ1) is 13.3. The van der Waals surface area contributed by atoms with Crippen molar-refractivity contribution in [3.05, 3.63) is 64.8 Å². The number of aromatic amines is 1. The molecule has 134 valence electrons. The summed E-state index contributed by atoms with van der Waals surface area (Å²) in [7, 11) is 0. The van der Waals surface area contributed by atoms with Crippen LogP contribution in [0.1, 0.15) is 24.1 Å². The second-order valence-electron chi connectivity index (χ2n) is 6.78. The van der Waals surface area contributed by atoms with E-state index in [1.807, 2.05) is 42.5 Å². The molecule has 4 aromatic rings. The van der Waals surface area contributed by atoms with Crippen molar-refractivity contribution in [1.29, 1.82) is 0 Å². The van der Waals surface area contributed by atoms with Gasteiger partial charge in [-0.1, -0.05) is 23.7 Å².